The molecule has 1 unspecified atom stereocenters. The van der Waals surface area contributed by atoms with Crippen LogP contribution in [0.15, 0.2) is 51.4 Å². The van der Waals surface area contributed by atoms with Crippen LogP contribution < -0.4 is 0 Å². The fourth-order valence-corrected chi connectivity index (χ4v) is 7.35. The smallest absolute Gasteiger partial charge is 0.175 e. The van der Waals surface area contributed by atoms with Gasteiger partial charge in [0, 0.05) is 0 Å². The Balaban J connectivity index is 1.56. The molecule has 1 atom stereocenters. The second-order valence-electron chi connectivity index (χ2n) is 9.79. The van der Waals surface area contributed by atoms with Crippen LogP contribution in [0.4, 0.5) is 0 Å². The average Bonchev–Trinajstić information content (AvgIpc) is 3.48. The Morgan fingerprint density at radius 2 is 1.57 bits per heavy atom. The zero-order chi connectivity index (χ0) is 21.0. The standard InChI is InChI=1S/C23H28N6O/c24-27-18-17(16-4-2-1-3-5-16)22(20(30)19(18)28-25)10-12-23(29-26,13-11-22)21-8-6-15(14-21)7-9-21/h1-5,15,19,24-26H,6-14H2. The number of rotatable bonds is 5. The van der Waals surface area contributed by atoms with Crippen LogP contribution in [0.1, 0.15) is 63.4 Å². The molecule has 1 aromatic carbocycles. The lowest BCUT2D eigenvalue weighted by atomic mass is 9.55. The summed E-state index contributed by atoms with van der Waals surface area (Å²) in [5, 5.41) is 11.6. The molecule has 3 fully saturated rings. The number of fused-ring (bicyclic) bond motifs is 2. The van der Waals surface area contributed by atoms with E-state index in [9.17, 15) is 4.79 Å². The van der Waals surface area contributed by atoms with E-state index in [2.05, 4.69) is 15.3 Å². The molecule has 4 aliphatic carbocycles. The van der Waals surface area contributed by atoms with Gasteiger partial charge >= 0.3 is 0 Å². The highest BCUT2D eigenvalue weighted by atomic mass is 16.1. The number of hydrogen-bond acceptors (Lipinski definition) is 7. The number of hydrogen-bond donors (Lipinski definition) is 3. The summed E-state index contributed by atoms with van der Waals surface area (Å²) in [5.74, 6) is 0.682. The molecule has 0 heterocycles. The number of Topliss-reactive ketones (excluding diaryl/α,β-unsaturated/α-hetero) is 1. The van der Waals surface area contributed by atoms with Gasteiger partial charge in [-0.05, 0) is 80.3 Å². The summed E-state index contributed by atoms with van der Waals surface area (Å²) in [6.45, 7) is 0. The SMILES string of the molecule is N=NC1=C(c2ccccc2)C2(CCC(N=N)(C34CCC(CC3)C4)CC2)C(=O)C1N=N. The van der Waals surface area contributed by atoms with Crippen LogP contribution in [0, 0.1) is 33.3 Å². The maximum Gasteiger partial charge on any atom is 0.175 e. The van der Waals surface area contributed by atoms with Crippen molar-refractivity contribution >= 4 is 11.4 Å². The number of benzene rings is 1. The lowest BCUT2D eigenvalue weighted by Crippen LogP contribution is -2.50. The van der Waals surface area contributed by atoms with Crippen molar-refractivity contribution in [3.05, 3.63) is 41.6 Å². The molecule has 7 nitrogen and oxygen atoms in total. The van der Waals surface area contributed by atoms with Gasteiger partial charge in [-0.15, -0.1) is 0 Å². The van der Waals surface area contributed by atoms with Crippen molar-refractivity contribution in [2.75, 3.05) is 0 Å². The maximum absolute atomic E-state index is 13.6. The molecule has 4 aliphatic rings. The van der Waals surface area contributed by atoms with E-state index in [-0.39, 0.29) is 16.7 Å². The Morgan fingerprint density at radius 1 is 0.900 bits per heavy atom. The first-order valence-electron chi connectivity index (χ1n) is 11.0. The van der Waals surface area contributed by atoms with Crippen molar-refractivity contribution in [1.82, 2.24) is 0 Å². The maximum atomic E-state index is 13.6. The molecular formula is C23H28N6O. The van der Waals surface area contributed by atoms with Crippen LogP contribution in [0.3, 0.4) is 0 Å². The first-order chi connectivity index (χ1) is 14.5. The molecule has 0 aliphatic heterocycles. The summed E-state index contributed by atoms with van der Waals surface area (Å²) in [4.78, 5) is 13.6. The van der Waals surface area contributed by atoms with Crippen molar-refractivity contribution in [3.8, 4) is 0 Å². The molecule has 156 valence electrons. The number of nitrogens with one attached hydrogen (secondary N) is 3. The minimum atomic E-state index is -0.987. The van der Waals surface area contributed by atoms with Crippen LogP contribution in [-0.4, -0.2) is 17.4 Å². The predicted molar refractivity (Wildman–Crippen MR) is 110 cm³/mol. The van der Waals surface area contributed by atoms with Gasteiger partial charge in [-0.2, -0.15) is 15.3 Å². The number of allylic oxidation sites excluding steroid dienone is 1. The lowest BCUT2D eigenvalue weighted by molar-refractivity contribution is -0.128. The fourth-order valence-electron chi connectivity index (χ4n) is 7.35. The van der Waals surface area contributed by atoms with E-state index in [0.29, 0.717) is 31.4 Å². The van der Waals surface area contributed by atoms with Gasteiger partial charge in [-0.3, -0.25) is 4.79 Å². The van der Waals surface area contributed by atoms with Crippen molar-refractivity contribution in [2.24, 2.45) is 32.1 Å². The summed E-state index contributed by atoms with van der Waals surface area (Å²) >= 11 is 0. The van der Waals surface area contributed by atoms with E-state index in [1.165, 1.54) is 19.3 Å². The first-order valence-corrected chi connectivity index (χ1v) is 11.0. The van der Waals surface area contributed by atoms with E-state index >= 15 is 0 Å². The van der Waals surface area contributed by atoms with E-state index in [1.807, 2.05) is 30.3 Å². The predicted octanol–water partition coefficient (Wildman–Crippen LogP) is 6.32. The van der Waals surface area contributed by atoms with Crippen molar-refractivity contribution < 1.29 is 4.79 Å². The van der Waals surface area contributed by atoms with Crippen LogP contribution in [0.2, 0.25) is 0 Å². The number of nitrogens with zero attached hydrogens (tertiary/aromatic N) is 3. The van der Waals surface area contributed by atoms with Crippen LogP contribution >= 0.6 is 0 Å². The molecule has 1 spiro atoms. The molecule has 3 N–H and O–H groups in total. The minimum absolute atomic E-state index is 0.103. The molecule has 0 radical (unpaired) electrons. The zero-order valence-electron chi connectivity index (χ0n) is 17.2. The van der Waals surface area contributed by atoms with Crippen molar-refractivity contribution in [1.29, 1.82) is 16.6 Å². The Hall–Kier alpha value is -2.57. The topological polar surface area (TPSA) is 126 Å². The number of carbonyl (C=O) groups is 1. The van der Waals surface area contributed by atoms with E-state index in [4.69, 9.17) is 16.6 Å². The second kappa shape index (κ2) is 6.72. The van der Waals surface area contributed by atoms with E-state index in [0.717, 1.165) is 29.9 Å². The third-order valence-electron chi connectivity index (χ3n) is 8.90. The molecular weight excluding hydrogens is 376 g/mol. The highest BCUT2D eigenvalue weighted by Gasteiger charge is 2.64. The second-order valence-corrected chi connectivity index (χ2v) is 9.79. The Labute approximate surface area is 176 Å². The van der Waals surface area contributed by atoms with E-state index in [1.54, 1.807) is 0 Å². The Morgan fingerprint density at radius 3 is 2.07 bits per heavy atom. The van der Waals surface area contributed by atoms with E-state index < -0.39 is 11.5 Å². The fraction of sp³-hybridized carbons (Fsp3) is 0.609. The molecule has 0 amide bonds. The van der Waals surface area contributed by atoms with Crippen LogP contribution in [0.25, 0.3) is 5.57 Å². The highest BCUT2D eigenvalue weighted by Crippen LogP contribution is 2.67. The van der Waals surface area contributed by atoms with Crippen LogP contribution in [0.5, 0.6) is 0 Å². The molecule has 30 heavy (non-hydrogen) atoms. The average molecular weight is 405 g/mol. The molecule has 1 aromatic rings. The summed E-state index contributed by atoms with van der Waals surface area (Å²) in [7, 11) is 0. The van der Waals surface area contributed by atoms with Crippen LogP contribution in [-0.2, 0) is 4.79 Å². The van der Waals surface area contributed by atoms with Crippen molar-refractivity contribution in [2.45, 2.75) is 69.4 Å². The van der Waals surface area contributed by atoms with Gasteiger partial charge in [-0.25, -0.2) is 16.6 Å². The summed E-state index contributed by atoms with van der Waals surface area (Å²) in [6.07, 6.45) is 8.58. The van der Waals surface area contributed by atoms with Crippen molar-refractivity contribution in [3.63, 3.8) is 0 Å². The minimum Gasteiger partial charge on any atom is -0.296 e. The molecule has 7 heteroatoms. The van der Waals surface area contributed by atoms with Gasteiger partial charge in [0.1, 0.15) is 5.70 Å². The van der Waals surface area contributed by atoms with Gasteiger partial charge < -0.3 is 0 Å². The van der Waals surface area contributed by atoms with Gasteiger partial charge in [0.25, 0.3) is 0 Å². The Kier molecular flexibility index (Phi) is 4.35. The van der Waals surface area contributed by atoms with Gasteiger partial charge in [0.2, 0.25) is 0 Å². The third-order valence-corrected chi connectivity index (χ3v) is 8.90. The number of ketones is 1. The first kappa shape index (κ1) is 19.4. The Bertz CT molecular complexity index is 936. The summed E-state index contributed by atoms with van der Waals surface area (Å²) in [6, 6.07) is 8.70. The quantitative estimate of drug-likeness (QED) is 0.488. The third kappa shape index (κ3) is 2.35. The summed E-state index contributed by atoms with van der Waals surface area (Å²) < 4.78 is 0. The van der Waals surface area contributed by atoms with Gasteiger partial charge in [0.15, 0.2) is 11.8 Å². The summed E-state index contributed by atoms with van der Waals surface area (Å²) in [5.41, 5.74) is 24.5. The molecule has 3 saturated carbocycles. The van der Waals surface area contributed by atoms with Gasteiger partial charge in [0.05, 0.1) is 11.0 Å². The normalized spacial score (nSPS) is 40.2. The molecule has 0 aromatic heterocycles. The van der Waals surface area contributed by atoms with Gasteiger partial charge in [-0.1, -0.05) is 30.3 Å². The lowest BCUT2D eigenvalue weighted by Gasteiger charge is -2.50. The number of carbonyl (C=O) groups excluding carboxylic acids is 1. The monoisotopic (exact) mass is 404 g/mol. The molecule has 2 bridgehead atoms. The highest BCUT2D eigenvalue weighted by molar-refractivity contribution is 6.09. The molecule has 5 rings (SSSR count). The molecule has 0 saturated heterocycles. The largest absolute Gasteiger partial charge is 0.296 e. The zero-order valence-corrected chi connectivity index (χ0v) is 17.2.